The summed E-state index contributed by atoms with van der Waals surface area (Å²) in [6.07, 6.45) is 4.05. The highest BCUT2D eigenvalue weighted by molar-refractivity contribution is 6.30. The number of hydrogen-bond acceptors (Lipinski definition) is 3. The summed E-state index contributed by atoms with van der Waals surface area (Å²) < 4.78 is 19.1. The number of nitrogens with one attached hydrogen (secondary N) is 1. The molecule has 25 heavy (non-hydrogen) atoms. The maximum Gasteiger partial charge on any atom is 0.323 e. The van der Waals surface area contributed by atoms with Crippen molar-refractivity contribution in [1.29, 1.82) is 0 Å². The van der Waals surface area contributed by atoms with Crippen LogP contribution in [0.1, 0.15) is 58.1 Å². The monoisotopic (exact) mass is 391 g/mol. The third-order valence-corrected chi connectivity index (χ3v) is 4.47. The van der Waals surface area contributed by atoms with Crippen LogP contribution in [-0.4, -0.2) is 23.7 Å². The summed E-state index contributed by atoms with van der Waals surface area (Å²) in [5.41, 5.74) is 1.58. The predicted octanol–water partition coefficient (Wildman–Crippen LogP) is 4.86. The topological polar surface area (TPSA) is 38.3 Å². The first-order chi connectivity index (χ1) is 11.2. The van der Waals surface area contributed by atoms with Gasteiger partial charge < -0.3 is 10.1 Å². The Bertz CT molecular complexity index is 602. The van der Waals surface area contributed by atoms with E-state index >= 15 is 0 Å². The quantitative estimate of drug-likeness (QED) is 0.728. The number of hydrogen-bond donors (Lipinski definition) is 1. The molecule has 0 aromatic heterocycles. The molecule has 2 unspecified atom stereocenters. The molecule has 0 radical (unpaired) electrons. The fraction of sp³-hybridized carbons (Fsp3) is 0.632. The number of carbonyl (C=O) groups excluding carboxylic acids is 1. The van der Waals surface area contributed by atoms with Crippen molar-refractivity contribution in [3.63, 3.8) is 0 Å². The molecular weight excluding hydrogens is 364 g/mol. The summed E-state index contributed by atoms with van der Waals surface area (Å²) in [4.78, 5) is 12.4. The largest absolute Gasteiger partial charge is 0.459 e. The summed E-state index contributed by atoms with van der Waals surface area (Å²) in [5.74, 6) is -0.563. The van der Waals surface area contributed by atoms with E-state index in [-0.39, 0.29) is 41.3 Å². The van der Waals surface area contributed by atoms with Gasteiger partial charge in [-0.3, -0.25) is 4.79 Å². The maximum atomic E-state index is 13.6. The zero-order chi connectivity index (χ0) is 17.9. The van der Waals surface area contributed by atoms with E-state index in [9.17, 15) is 9.18 Å². The van der Waals surface area contributed by atoms with Gasteiger partial charge in [-0.15, -0.1) is 12.4 Å². The van der Waals surface area contributed by atoms with Gasteiger partial charge in [0.2, 0.25) is 0 Å². The van der Waals surface area contributed by atoms with Gasteiger partial charge in [-0.2, -0.15) is 0 Å². The number of aryl methyl sites for hydroxylation is 1. The zero-order valence-electron chi connectivity index (χ0n) is 15.3. The van der Waals surface area contributed by atoms with E-state index < -0.39 is 5.60 Å². The Labute approximate surface area is 161 Å². The number of rotatable bonds is 5. The average molecular weight is 392 g/mol. The Kier molecular flexibility index (Phi) is 8.17. The van der Waals surface area contributed by atoms with E-state index in [1.807, 2.05) is 20.8 Å². The molecule has 1 aliphatic carbocycles. The van der Waals surface area contributed by atoms with Gasteiger partial charge in [0.15, 0.2) is 0 Å². The highest BCUT2D eigenvalue weighted by atomic mass is 35.5. The van der Waals surface area contributed by atoms with E-state index in [2.05, 4.69) is 12.2 Å². The van der Waals surface area contributed by atoms with Gasteiger partial charge in [-0.1, -0.05) is 24.9 Å². The standard InChI is InChI=1S/C19H27ClFNO2.ClH/c1-5-6-17(18(23)24-19(2,3)4)22-14-8-7-12-11-16(21)15(20)10-13(12)9-14;/h10-11,14,17,22H,5-9H2,1-4H3;1H. The Hall–Kier alpha value is -0.840. The number of fused-ring (bicyclic) bond motifs is 1. The van der Waals surface area contributed by atoms with Gasteiger partial charge in [0.1, 0.15) is 17.5 Å². The molecule has 0 amide bonds. The Morgan fingerprint density at radius 3 is 2.68 bits per heavy atom. The van der Waals surface area contributed by atoms with Crippen LogP contribution in [0.25, 0.3) is 0 Å². The number of benzene rings is 1. The first kappa shape index (κ1) is 22.2. The van der Waals surface area contributed by atoms with Gasteiger partial charge in [-0.25, -0.2) is 4.39 Å². The van der Waals surface area contributed by atoms with Crippen molar-refractivity contribution in [3.8, 4) is 0 Å². The van der Waals surface area contributed by atoms with Crippen LogP contribution in [0.4, 0.5) is 4.39 Å². The first-order valence-electron chi connectivity index (χ1n) is 8.65. The summed E-state index contributed by atoms with van der Waals surface area (Å²) in [5, 5.41) is 3.60. The molecule has 1 N–H and O–H groups in total. The van der Waals surface area contributed by atoms with Gasteiger partial charge in [0.25, 0.3) is 0 Å². The highest BCUT2D eigenvalue weighted by Crippen LogP contribution is 2.27. The molecule has 142 valence electrons. The molecule has 0 fully saturated rings. The van der Waals surface area contributed by atoms with E-state index in [1.54, 1.807) is 6.07 Å². The Morgan fingerprint density at radius 2 is 2.08 bits per heavy atom. The number of esters is 1. The molecule has 6 heteroatoms. The van der Waals surface area contributed by atoms with E-state index in [0.717, 1.165) is 43.2 Å². The molecule has 2 rings (SSSR count). The summed E-state index contributed by atoms with van der Waals surface area (Å²) >= 11 is 5.90. The lowest BCUT2D eigenvalue weighted by molar-refractivity contribution is -0.158. The van der Waals surface area contributed by atoms with E-state index in [4.69, 9.17) is 16.3 Å². The number of ether oxygens (including phenoxy) is 1. The normalized spacial score (nSPS) is 18.1. The first-order valence-corrected chi connectivity index (χ1v) is 9.03. The fourth-order valence-corrected chi connectivity index (χ4v) is 3.29. The van der Waals surface area contributed by atoms with Crippen LogP contribution in [0, 0.1) is 5.82 Å². The van der Waals surface area contributed by atoms with Crippen molar-refractivity contribution in [1.82, 2.24) is 5.32 Å². The highest BCUT2D eigenvalue weighted by Gasteiger charge is 2.28. The van der Waals surface area contributed by atoms with Crippen LogP contribution < -0.4 is 5.32 Å². The van der Waals surface area contributed by atoms with Crippen molar-refractivity contribution < 1.29 is 13.9 Å². The van der Waals surface area contributed by atoms with Gasteiger partial charge >= 0.3 is 5.97 Å². The lowest BCUT2D eigenvalue weighted by Gasteiger charge is -2.31. The molecule has 0 spiro atoms. The van der Waals surface area contributed by atoms with Gasteiger partial charge in [0, 0.05) is 6.04 Å². The number of carbonyl (C=O) groups is 1. The van der Waals surface area contributed by atoms with Crippen molar-refractivity contribution in [3.05, 3.63) is 34.1 Å². The second-order valence-corrected chi connectivity index (χ2v) is 7.92. The minimum absolute atomic E-state index is 0. The van der Waals surface area contributed by atoms with Crippen LogP contribution in [-0.2, 0) is 22.4 Å². The van der Waals surface area contributed by atoms with Crippen LogP contribution in [0.2, 0.25) is 5.02 Å². The lowest BCUT2D eigenvalue weighted by Crippen LogP contribution is -2.47. The molecule has 0 bridgehead atoms. The van der Waals surface area contributed by atoms with Crippen molar-refractivity contribution in [2.75, 3.05) is 0 Å². The third kappa shape index (κ3) is 6.43. The minimum Gasteiger partial charge on any atom is -0.459 e. The second kappa shape index (κ2) is 9.20. The molecule has 0 heterocycles. The molecule has 1 aromatic rings. The van der Waals surface area contributed by atoms with Crippen LogP contribution in [0.3, 0.4) is 0 Å². The summed E-state index contributed by atoms with van der Waals surface area (Å²) in [6.45, 7) is 7.68. The zero-order valence-corrected chi connectivity index (χ0v) is 16.9. The Balaban J connectivity index is 0.00000312. The average Bonchev–Trinajstić information content (AvgIpc) is 2.46. The van der Waals surface area contributed by atoms with Gasteiger partial charge in [-0.05, 0) is 69.7 Å². The third-order valence-electron chi connectivity index (χ3n) is 4.18. The van der Waals surface area contributed by atoms with Crippen molar-refractivity contribution in [2.24, 2.45) is 0 Å². The molecule has 0 saturated heterocycles. The predicted molar refractivity (Wildman–Crippen MR) is 102 cm³/mol. The van der Waals surface area contributed by atoms with Crippen molar-refractivity contribution in [2.45, 2.75) is 77.5 Å². The molecule has 0 saturated carbocycles. The molecule has 0 aliphatic heterocycles. The smallest absolute Gasteiger partial charge is 0.323 e. The van der Waals surface area contributed by atoms with Crippen LogP contribution >= 0.6 is 24.0 Å². The summed E-state index contributed by atoms with van der Waals surface area (Å²) in [7, 11) is 0. The van der Waals surface area contributed by atoms with Crippen LogP contribution in [0.15, 0.2) is 12.1 Å². The Morgan fingerprint density at radius 1 is 1.40 bits per heavy atom. The van der Waals surface area contributed by atoms with E-state index in [1.165, 1.54) is 6.07 Å². The number of halogens is 3. The van der Waals surface area contributed by atoms with E-state index in [0.29, 0.717) is 0 Å². The molecule has 3 nitrogen and oxygen atoms in total. The summed E-state index contributed by atoms with van der Waals surface area (Å²) in [6, 6.07) is 3.10. The lowest BCUT2D eigenvalue weighted by atomic mass is 9.87. The molecular formula is C19H28Cl2FNO2. The molecule has 1 aliphatic rings. The molecule has 2 atom stereocenters. The van der Waals surface area contributed by atoms with Crippen LogP contribution in [0.5, 0.6) is 0 Å². The molecule has 1 aromatic carbocycles. The minimum atomic E-state index is -0.491. The maximum absolute atomic E-state index is 13.6. The van der Waals surface area contributed by atoms with Gasteiger partial charge in [0.05, 0.1) is 5.02 Å². The SMILES string of the molecule is CCCC(NC1CCc2cc(F)c(Cl)cc2C1)C(=O)OC(C)(C)C.Cl. The fourth-order valence-electron chi connectivity index (χ4n) is 3.11. The second-order valence-electron chi connectivity index (χ2n) is 7.52. The van der Waals surface area contributed by atoms with Crippen molar-refractivity contribution >= 4 is 30.0 Å².